The molecule has 0 unspecified atom stereocenters. The molecule has 0 aliphatic rings. The van der Waals surface area contributed by atoms with Crippen LogP contribution >= 0.6 is 34.5 Å². The average Bonchev–Trinajstić information content (AvgIpc) is 3.09. The van der Waals surface area contributed by atoms with Gasteiger partial charge in [0.05, 0.1) is 27.3 Å². The third kappa shape index (κ3) is 3.81. The summed E-state index contributed by atoms with van der Waals surface area (Å²) in [6.45, 7) is 0.339. The molecule has 2 heterocycles. The molecule has 0 aliphatic carbocycles. The standard InChI is InChI=1S/C20H13Cl2N3OS/c21-14-7-8-17-18(10-14)27-20(24-17)25(12-13-4-3-9-23-11-13)19(26)15-5-1-2-6-16(15)22/h1-11H,12H2. The first-order valence-electron chi connectivity index (χ1n) is 8.13. The van der Waals surface area contributed by atoms with Crippen LogP contribution < -0.4 is 4.90 Å². The molecule has 0 radical (unpaired) electrons. The first-order chi connectivity index (χ1) is 13.1. The van der Waals surface area contributed by atoms with Crippen LogP contribution in [0.4, 0.5) is 5.13 Å². The second-order valence-corrected chi connectivity index (χ2v) is 7.69. The molecule has 4 aromatic rings. The normalized spacial score (nSPS) is 10.9. The Morgan fingerprint density at radius 3 is 2.70 bits per heavy atom. The second-order valence-electron chi connectivity index (χ2n) is 5.84. The maximum atomic E-state index is 13.3. The molecule has 2 aromatic heterocycles. The van der Waals surface area contributed by atoms with Crippen LogP contribution in [-0.2, 0) is 6.54 Å². The van der Waals surface area contributed by atoms with E-state index in [0.29, 0.717) is 27.3 Å². The zero-order valence-corrected chi connectivity index (χ0v) is 16.3. The number of thiazole rings is 1. The van der Waals surface area contributed by atoms with Gasteiger partial charge in [-0.2, -0.15) is 0 Å². The molecule has 0 aliphatic heterocycles. The minimum absolute atomic E-state index is 0.213. The first-order valence-corrected chi connectivity index (χ1v) is 9.70. The smallest absolute Gasteiger partial charge is 0.261 e. The Labute approximate surface area is 170 Å². The Hall–Kier alpha value is -2.47. The van der Waals surface area contributed by atoms with E-state index >= 15 is 0 Å². The van der Waals surface area contributed by atoms with Gasteiger partial charge in [-0.1, -0.05) is 52.7 Å². The van der Waals surface area contributed by atoms with Gasteiger partial charge in [-0.25, -0.2) is 4.98 Å². The number of rotatable bonds is 4. The van der Waals surface area contributed by atoms with E-state index in [2.05, 4.69) is 9.97 Å². The topological polar surface area (TPSA) is 46.1 Å². The molecule has 0 N–H and O–H groups in total. The minimum atomic E-state index is -0.213. The molecule has 0 fully saturated rings. The number of anilines is 1. The molecule has 4 rings (SSSR count). The molecule has 1 amide bonds. The average molecular weight is 414 g/mol. The summed E-state index contributed by atoms with van der Waals surface area (Å²) in [5.41, 5.74) is 2.12. The number of pyridine rings is 1. The van der Waals surface area contributed by atoms with Gasteiger partial charge in [0.25, 0.3) is 5.91 Å². The van der Waals surface area contributed by atoms with Crippen LogP contribution in [0.25, 0.3) is 10.2 Å². The number of benzene rings is 2. The van der Waals surface area contributed by atoms with E-state index in [1.807, 2.05) is 24.3 Å². The fourth-order valence-electron chi connectivity index (χ4n) is 2.68. The van der Waals surface area contributed by atoms with Crippen molar-refractivity contribution in [3.8, 4) is 0 Å². The number of carbonyl (C=O) groups is 1. The summed E-state index contributed by atoms with van der Waals surface area (Å²) >= 11 is 13.8. The van der Waals surface area contributed by atoms with Crippen molar-refractivity contribution in [3.05, 3.63) is 88.2 Å². The molecule has 2 aromatic carbocycles. The van der Waals surface area contributed by atoms with Crippen molar-refractivity contribution in [3.63, 3.8) is 0 Å². The highest BCUT2D eigenvalue weighted by atomic mass is 35.5. The zero-order chi connectivity index (χ0) is 18.8. The molecule has 0 saturated carbocycles. The lowest BCUT2D eigenvalue weighted by Gasteiger charge is -2.20. The van der Waals surface area contributed by atoms with Gasteiger partial charge in [0.15, 0.2) is 5.13 Å². The largest absolute Gasteiger partial charge is 0.279 e. The predicted molar refractivity (Wildman–Crippen MR) is 111 cm³/mol. The molecular weight excluding hydrogens is 401 g/mol. The lowest BCUT2D eigenvalue weighted by atomic mass is 10.2. The molecular formula is C20H13Cl2N3OS. The monoisotopic (exact) mass is 413 g/mol. The summed E-state index contributed by atoms with van der Waals surface area (Å²) in [5, 5.41) is 1.62. The van der Waals surface area contributed by atoms with Crippen molar-refractivity contribution in [1.29, 1.82) is 0 Å². The molecule has 0 spiro atoms. The summed E-state index contributed by atoms with van der Waals surface area (Å²) < 4.78 is 0.917. The van der Waals surface area contributed by atoms with Crippen LogP contribution in [0.15, 0.2) is 67.0 Å². The van der Waals surface area contributed by atoms with Crippen LogP contribution in [0, 0.1) is 0 Å². The summed E-state index contributed by atoms with van der Waals surface area (Å²) in [5.74, 6) is -0.213. The van der Waals surface area contributed by atoms with E-state index in [1.165, 1.54) is 11.3 Å². The van der Waals surface area contributed by atoms with Crippen molar-refractivity contribution in [2.45, 2.75) is 6.54 Å². The number of hydrogen-bond donors (Lipinski definition) is 0. The lowest BCUT2D eigenvalue weighted by molar-refractivity contribution is 0.0985. The Bertz CT molecular complexity index is 1110. The van der Waals surface area contributed by atoms with Gasteiger partial charge in [-0.05, 0) is 42.0 Å². The number of amides is 1. The Morgan fingerprint density at radius 1 is 1.07 bits per heavy atom. The molecule has 4 nitrogen and oxygen atoms in total. The van der Waals surface area contributed by atoms with Gasteiger partial charge < -0.3 is 0 Å². The van der Waals surface area contributed by atoms with Gasteiger partial charge in [0.2, 0.25) is 0 Å². The van der Waals surface area contributed by atoms with Crippen LogP contribution in [0.3, 0.4) is 0 Å². The van der Waals surface area contributed by atoms with Crippen molar-refractivity contribution >= 4 is 55.8 Å². The van der Waals surface area contributed by atoms with Crippen molar-refractivity contribution in [1.82, 2.24) is 9.97 Å². The highest BCUT2D eigenvalue weighted by Crippen LogP contribution is 2.33. The van der Waals surface area contributed by atoms with Gasteiger partial charge in [0, 0.05) is 17.4 Å². The quantitative estimate of drug-likeness (QED) is 0.421. The van der Waals surface area contributed by atoms with E-state index in [9.17, 15) is 4.79 Å². The van der Waals surface area contributed by atoms with Crippen molar-refractivity contribution in [2.75, 3.05) is 4.90 Å². The van der Waals surface area contributed by atoms with Crippen LogP contribution in [0.5, 0.6) is 0 Å². The number of aromatic nitrogens is 2. The Balaban J connectivity index is 1.79. The van der Waals surface area contributed by atoms with Crippen LogP contribution in [0.2, 0.25) is 10.0 Å². The van der Waals surface area contributed by atoms with Crippen LogP contribution in [0.1, 0.15) is 15.9 Å². The molecule has 0 bridgehead atoms. The van der Waals surface area contributed by atoms with E-state index in [-0.39, 0.29) is 5.91 Å². The van der Waals surface area contributed by atoms with Crippen molar-refractivity contribution in [2.24, 2.45) is 0 Å². The summed E-state index contributed by atoms with van der Waals surface area (Å²) in [4.78, 5) is 23.7. The fraction of sp³-hybridized carbons (Fsp3) is 0.0500. The molecule has 134 valence electrons. The zero-order valence-electron chi connectivity index (χ0n) is 14.0. The summed E-state index contributed by atoms with van der Waals surface area (Å²) in [6.07, 6.45) is 3.43. The van der Waals surface area contributed by atoms with E-state index in [0.717, 1.165) is 15.8 Å². The summed E-state index contributed by atoms with van der Waals surface area (Å²) in [7, 11) is 0. The predicted octanol–water partition coefficient (Wildman–Crippen LogP) is 5.85. The number of carbonyl (C=O) groups excluding carboxylic acids is 1. The van der Waals surface area contributed by atoms with Gasteiger partial charge >= 0.3 is 0 Å². The maximum Gasteiger partial charge on any atom is 0.261 e. The fourth-order valence-corrected chi connectivity index (χ4v) is 4.14. The first kappa shape index (κ1) is 17.9. The second kappa shape index (κ2) is 7.64. The third-order valence-electron chi connectivity index (χ3n) is 3.98. The lowest BCUT2D eigenvalue weighted by Crippen LogP contribution is -2.30. The SMILES string of the molecule is O=C(c1ccccc1Cl)N(Cc1cccnc1)c1nc2ccc(Cl)cc2s1. The molecule has 7 heteroatoms. The van der Waals surface area contributed by atoms with Gasteiger partial charge in [-0.15, -0.1) is 0 Å². The minimum Gasteiger partial charge on any atom is -0.279 e. The maximum absolute atomic E-state index is 13.3. The number of nitrogens with zero attached hydrogens (tertiary/aromatic N) is 3. The highest BCUT2D eigenvalue weighted by Gasteiger charge is 2.23. The number of fused-ring (bicyclic) bond motifs is 1. The van der Waals surface area contributed by atoms with Gasteiger partial charge in [-0.3, -0.25) is 14.7 Å². The Morgan fingerprint density at radius 2 is 1.93 bits per heavy atom. The highest BCUT2D eigenvalue weighted by molar-refractivity contribution is 7.22. The van der Waals surface area contributed by atoms with Crippen LogP contribution in [-0.4, -0.2) is 15.9 Å². The molecule has 0 atom stereocenters. The number of halogens is 2. The molecule has 0 saturated heterocycles. The van der Waals surface area contributed by atoms with E-state index in [4.69, 9.17) is 23.2 Å². The van der Waals surface area contributed by atoms with E-state index in [1.54, 1.807) is 47.6 Å². The summed E-state index contributed by atoms with van der Waals surface area (Å²) in [6, 6.07) is 16.2. The Kier molecular flexibility index (Phi) is 5.07. The van der Waals surface area contributed by atoms with Gasteiger partial charge in [0.1, 0.15) is 0 Å². The van der Waals surface area contributed by atoms with E-state index < -0.39 is 0 Å². The third-order valence-corrected chi connectivity index (χ3v) is 5.59. The number of hydrogen-bond acceptors (Lipinski definition) is 4. The van der Waals surface area contributed by atoms with Crippen molar-refractivity contribution < 1.29 is 4.79 Å². The molecule has 27 heavy (non-hydrogen) atoms.